The summed E-state index contributed by atoms with van der Waals surface area (Å²) in [4.78, 5) is 14.7. The lowest BCUT2D eigenvalue weighted by Gasteiger charge is -2.07. The van der Waals surface area contributed by atoms with Gasteiger partial charge in [-0.15, -0.1) is 0 Å². The summed E-state index contributed by atoms with van der Waals surface area (Å²) in [5.41, 5.74) is 0.332. The number of nitrogens with zero attached hydrogens (tertiary/aromatic N) is 1. The van der Waals surface area contributed by atoms with E-state index in [9.17, 15) is 9.18 Å². The number of ether oxygens (including phenoxy) is 1. The van der Waals surface area contributed by atoms with Gasteiger partial charge in [0.2, 0.25) is 0 Å². The SMILES string of the molecule is COc1cccc(-c2cccc(C(=O)O)n2)c1F. The second kappa shape index (κ2) is 4.83. The van der Waals surface area contributed by atoms with Crippen LogP contribution in [0.1, 0.15) is 10.5 Å². The monoisotopic (exact) mass is 247 g/mol. The Bertz CT molecular complexity index is 599. The highest BCUT2D eigenvalue weighted by Gasteiger charge is 2.13. The Hall–Kier alpha value is -2.43. The van der Waals surface area contributed by atoms with E-state index in [1.54, 1.807) is 12.1 Å². The molecule has 1 aromatic carbocycles. The van der Waals surface area contributed by atoms with Crippen LogP contribution >= 0.6 is 0 Å². The summed E-state index contributed by atoms with van der Waals surface area (Å²) in [6, 6.07) is 9.04. The fourth-order valence-corrected chi connectivity index (χ4v) is 1.57. The van der Waals surface area contributed by atoms with Crippen LogP contribution in [0.5, 0.6) is 5.75 Å². The minimum atomic E-state index is -1.15. The molecule has 0 atom stereocenters. The standard InChI is InChI=1S/C13H10FNO3/c1-18-11-7-2-4-8(12(11)14)9-5-3-6-10(15-9)13(16)17/h2-7H,1H3,(H,16,17). The maximum atomic E-state index is 14.0. The largest absolute Gasteiger partial charge is 0.494 e. The van der Waals surface area contributed by atoms with Crippen LogP contribution in [0.15, 0.2) is 36.4 Å². The molecule has 0 spiro atoms. The van der Waals surface area contributed by atoms with Crippen molar-refractivity contribution in [2.75, 3.05) is 7.11 Å². The van der Waals surface area contributed by atoms with Crippen LogP contribution in [-0.4, -0.2) is 23.2 Å². The fourth-order valence-electron chi connectivity index (χ4n) is 1.57. The molecule has 0 radical (unpaired) electrons. The van der Waals surface area contributed by atoms with E-state index in [0.717, 1.165) is 0 Å². The third kappa shape index (κ3) is 2.15. The molecule has 0 saturated heterocycles. The summed E-state index contributed by atoms with van der Waals surface area (Å²) in [6.07, 6.45) is 0. The van der Waals surface area contributed by atoms with Gasteiger partial charge < -0.3 is 9.84 Å². The molecule has 1 heterocycles. The maximum absolute atomic E-state index is 14.0. The summed E-state index contributed by atoms with van der Waals surface area (Å²) in [5, 5.41) is 8.85. The lowest BCUT2D eigenvalue weighted by Crippen LogP contribution is -2.01. The van der Waals surface area contributed by atoms with Crippen molar-refractivity contribution in [2.24, 2.45) is 0 Å². The van der Waals surface area contributed by atoms with Crippen molar-refractivity contribution in [3.05, 3.63) is 47.9 Å². The molecule has 0 fully saturated rings. The number of carboxylic acid groups (broad SMARTS) is 1. The number of benzene rings is 1. The van der Waals surface area contributed by atoms with Gasteiger partial charge in [0.05, 0.1) is 12.8 Å². The molecule has 0 unspecified atom stereocenters. The molecule has 0 aliphatic heterocycles. The molecule has 1 aromatic heterocycles. The lowest BCUT2D eigenvalue weighted by atomic mass is 10.1. The fraction of sp³-hybridized carbons (Fsp3) is 0.0769. The first-order chi connectivity index (χ1) is 8.63. The molecule has 2 aromatic rings. The molecule has 0 aliphatic rings. The van der Waals surface area contributed by atoms with E-state index in [1.807, 2.05) is 0 Å². The van der Waals surface area contributed by atoms with Crippen molar-refractivity contribution in [2.45, 2.75) is 0 Å². The molecule has 0 saturated carbocycles. The van der Waals surface area contributed by atoms with Crippen molar-refractivity contribution >= 4 is 5.97 Å². The highest BCUT2D eigenvalue weighted by Crippen LogP contribution is 2.27. The molecule has 0 bridgehead atoms. The number of pyridine rings is 1. The van der Waals surface area contributed by atoms with Crippen LogP contribution < -0.4 is 4.74 Å². The zero-order chi connectivity index (χ0) is 13.1. The van der Waals surface area contributed by atoms with E-state index >= 15 is 0 Å². The minimum Gasteiger partial charge on any atom is -0.494 e. The number of rotatable bonds is 3. The molecule has 92 valence electrons. The third-order valence-electron chi connectivity index (χ3n) is 2.43. The Balaban J connectivity index is 2.55. The predicted octanol–water partition coefficient (Wildman–Crippen LogP) is 2.59. The molecule has 18 heavy (non-hydrogen) atoms. The second-order valence-corrected chi connectivity index (χ2v) is 3.54. The van der Waals surface area contributed by atoms with Crippen molar-refractivity contribution in [3.8, 4) is 17.0 Å². The number of methoxy groups -OCH3 is 1. The Labute approximate surface area is 103 Å². The molecule has 5 heteroatoms. The zero-order valence-electron chi connectivity index (χ0n) is 9.55. The van der Waals surface area contributed by atoms with Gasteiger partial charge in [0, 0.05) is 5.56 Å². The van der Waals surface area contributed by atoms with Gasteiger partial charge in [0.15, 0.2) is 11.6 Å². The molecule has 1 N–H and O–H groups in total. The first-order valence-corrected chi connectivity index (χ1v) is 5.16. The van der Waals surface area contributed by atoms with Crippen LogP contribution in [0.25, 0.3) is 11.3 Å². The Morgan fingerprint density at radius 3 is 2.67 bits per heavy atom. The predicted molar refractivity (Wildman–Crippen MR) is 63.1 cm³/mol. The van der Waals surface area contributed by atoms with Gasteiger partial charge in [-0.1, -0.05) is 12.1 Å². The van der Waals surface area contributed by atoms with E-state index in [2.05, 4.69) is 4.98 Å². The lowest BCUT2D eigenvalue weighted by molar-refractivity contribution is 0.0690. The van der Waals surface area contributed by atoms with Crippen LogP contribution in [0, 0.1) is 5.82 Å². The number of carbonyl (C=O) groups is 1. The van der Waals surface area contributed by atoms with E-state index in [4.69, 9.17) is 9.84 Å². The molecule has 2 rings (SSSR count). The number of halogens is 1. The van der Waals surface area contributed by atoms with Gasteiger partial charge in [0.1, 0.15) is 5.69 Å². The van der Waals surface area contributed by atoms with Gasteiger partial charge in [-0.25, -0.2) is 14.2 Å². The van der Waals surface area contributed by atoms with Crippen molar-refractivity contribution in [3.63, 3.8) is 0 Å². The maximum Gasteiger partial charge on any atom is 0.354 e. The normalized spacial score (nSPS) is 10.1. The Kier molecular flexibility index (Phi) is 3.23. The summed E-state index contributed by atoms with van der Waals surface area (Å²) < 4.78 is 18.8. The second-order valence-electron chi connectivity index (χ2n) is 3.54. The van der Waals surface area contributed by atoms with Gasteiger partial charge in [-0.05, 0) is 24.3 Å². The minimum absolute atomic E-state index is 0.0926. The van der Waals surface area contributed by atoms with Gasteiger partial charge >= 0.3 is 5.97 Å². The highest BCUT2D eigenvalue weighted by atomic mass is 19.1. The summed E-state index contributed by atoms with van der Waals surface area (Å²) in [5.74, 6) is -1.62. The molecule has 4 nitrogen and oxygen atoms in total. The topological polar surface area (TPSA) is 59.4 Å². The summed E-state index contributed by atoms with van der Waals surface area (Å²) in [7, 11) is 1.36. The Morgan fingerprint density at radius 2 is 2.00 bits per heavy atom. The first kappa shape index (κ1) is 12.0. The van der Waals surface area contributed by atoms with Crippen molar-refractivity contribution < 1.29 is 19.0 Å². The Morgan fingerprint density at radius 1 is 1.28 bits per heavy atom. The average Bonchev–Trinajstić information content (AvgIpc) is 2.39. The summed E-state index contributed by atoms with van der Waals surface area (Å²) in [6.45, 7) is 0. The van der Waals surface area contributed by atoms with Gasteiger partial charge in [-0.3, -0.25) is 0 Å². The van der Waals surface area contributed by atoms with E-state index in [0.29, 0.717) is 0 Å². The van der Waals surface area contributed by atoms with E-state index in [-0.39, 0.29) is 22.7 Å². The molecular formula is C13H10FNO3. The number of hydrogen-bond acceptors (Lipinski definition) is 3. The number of hydrogen-bond donors (Lipinski definition) is 1. The molecular weight excluding hydrogens is 237 g/mol. The molecule has 0 amide bonds. The van der Waals surface area contributed by atoms with Gasteiger partial charge in [-0.2, -0.15) is 0 Å². The van der Waals surface area contributed by atoms with E-state index in [1.165, 1.54) is 31.4 Å². The van der Waals surface area contributed by atoms with Crippen LogP contribution in [-0.2, 0) is 0 Å². The van der Waals surface area contributed by atoms with Crippen LogP contribution in [0.2, 0.25) is 0 Å². The average molecular weight is 247 g/mol. The van der Waals surface area contributed by atoms with Crippen LogP contribution in [0.3, 0.4) is 0 Å². The number of aromatic carboxylic acids is 1. The first-order valence-electron chi connectivity index (χ1n) is 5.16. The third-order valence-corrected chi connectivity index (χ3v) is 2.43. The van der Waals surface area contributed by atoms with Crippen molar-refractivity contribution in [1.82, 2.24) is 4.98 Å². The van der Waals surface area contributed by atoms with E-state index < -0.39 is 11.8 Å². The highest BCUT2D eigenvalue weighted by molar-refractivity contribution is 5.86. The van der Waals surface area contributed by atoms with Crippen LogP contribution in [0.4, 0.5) is 4.39 Å². The molecule has 0 aliphatic carbocycles. The van der Waals surface area contributed by atoms with Gasteiger partial charge in [0.25, 0.3) is 0 Å². The van der Waals surface area contributed by atoms with Crippen molar-refractivity contribution in [1.29, 1.82) is 0 Å². The quantitative estimate of drug-likeness (QED) is 0.905. The number of aromatic nitrogens is 1. The zero-order valence-corrected chi connectivity index (χ0v) is 9.55. The summed E-state index contributed by atoms with van der Waals surface area (Å²) >= 11 is 0. The number of carboxylic acids is 1. The smallest absolute Gasteiger partial charge is 0.354 e.